The Labute approximate surface area is 178 Å². The zero-order valence-corrected chi connectivity index (χ0v) is 17.8. The summed E-state index contributed by atoms with van der Waals surface area (Å²) in [5, 5.41) is 10.6. The molecule has 0 spiro atoms. The summed E-state index contributed by atoms with van der Waals surface area (Å²) < 4.78 is 5.36. The highest BCUT2D eigenvalue weighted by molar-refractivity contribution is 5.83. The number of aromatic nitrogens is 2. The minimum absolute atomic E-state index is 0.182. The molecular weight excluding hydrogens is 376 g/mol. The standard InChI is InChI=1S/C24H30N4O2/c1-18-22-9-8-21(30-2)16-23(22)26-24(25-18)27-12-10-20(11-13-27)28(14-15-29)17-19-6-4-3-5-7-19/h3-9,16,20,29H,10-15,17H2,1-2H3. The SMILES string of the molecule is COc1ccc2c(C)nc(N3CCC(N(CCO)Cc4ccccc4)CC3)nc2c1. The quantitative estimate of drug-likeness (QED) is 0.649. The van der Waals surface area contributed by atoms with Gasteiger partial charge >= 0.3 is 0 Å². The predicted octanol–water partition coefficient (Wildman–Crippen LogP) is 3.41. The summed E-state index contributed by atoms with van der Waals surface area (Å²) in [6, 6.07) is 16.9. The van der Waals surface area contributed by atoms with Gasteiger partial charge in [-0.05, 0) is 37.5 Å². The van der Waals surface area contributed by atoms with Crippen molar-refractivity contribution in [3.8, 4) is 5.75 Å². The van der Waals surface area contributed by atoms with Crippen molar-refractivity contribution in [3.63, 3.8) is 0 Å². The molecule has 1 N–H and O–H groups in total. The molecule has 1 aromatic heterocycles. The van der Waals surface area contributed by atoms with Crippen LogP contribution in [0.15, 0.2) is 48.5 Å². The van der Waals surface area contributed by atoms with Gasteiger partial charge < -0.3 is 14.7 Å². The molecule has 0 aliphatic carbocycles. The van der Waals surface area contributed by atoms with Gasteiger partial charge in [-0.15, -0.1) is 0 Å². The van der Waals surface area contributed by atoms with Crippen LogP contribution in [0.25, 0.3) is 10.9 Å². The van der Waals surface area contributed by atoms with Crippen LogP contribution in [0.3, 0.4) is 0 Å². The van der Waals surface area contributed by atoms with Gasteiger partial charge in [0, 0.05) is 43.7 Å². The summed E-state index contributed by atoms with van der Waals surface area (Å²) in [4.78, 5) is 14.3. The Bertz CT molecular complexity index is 972. The highest BCUT2D eigenvalue weighted by atomic mass is 16.5. The lowest BCUT2D eigenvalue weighted by Crippen LogP contribution is -2.46. The number of hydrogen-bond donors (Lipinski definition) is 1. The molecule has 0 radical (unpaired) electrons. The number of aliphatic hydroxyl groups excluding tert-OH is 1. The van der Waals surface area contributed by atoms with Gasteiger partial charge in [0.1, 0.15) is 5.75 Å². The first-order valence-corrected chi connectivity index (χ1v) is 10.6. The van der Waals surface area contributed by atoms with E-state index >= 15 is 0 Å². The van der Waals surface area contributed by atoms with E-state index in [1.54, 1.807) is 7.11 Å². The van der Waals surface area contributed by atoms with Crippen LogP contribution in [0.1, 0.15) is 24.1 Å². The Morgan fingerprint density at radius 2 is 1.87 bits per heavy atom. The fourth-order valence-electron chi connectivity index (χ4n) is 4.29. The topological polar surface area (TPSA) is 61.7 Å². The third-order valence-corrected chi connectivity index (χ3v) is 5.96. The second-order valence-electron chi connectivity index (χ2n) is 7.89. The molecule has 6 heteroatoms. The lowest BCUT2D eigenvalue weighted by atomic mass is 10.0. The Kier molecular flexibility index (Phi) is 6.45. The zero-order valence-electron chi connectivity index (χ0n) is 17.8. The molecule has 0 saturated carbocycles. The first-order chi connectivity index (χ1) is 14.7. The molecule has 1 aliphatic rings. The van der Waals surface area contributed by atoms with Gasteiger partial charge in [0.25, 0.3) is 0 Å². The number of piperidine rings is 1. The summed E-state index contributed by atoms with van der Waals surface area (Å²) in [7, 11) is 1.68. The van der Waals surface area contributed by atoms with E-state index in [0.717, 1.165) is 60.8 Å². The van der Waals surface area contributed by atoms with Crippen LogP contribution in [0.4, 0.5) is 5.95 Å². The fraction of sp³-hybridized carbons (Fsp3) is 0.417. The van der Waals surface area contributed by atoms with Gasteiger partial charge in [0.2, 0.25) is 5.95 Å². The van der Waals surface area contributed by atoms with Crippen molar-refractivity contribution in [3.05, 3.63) is 59.8 Å². The Balaban J connectivity index is 1.46. The average molecular weight is 407 g/mol. The number of aliphatic hydroxyl groups is 1. The highest BCUT2D eigenvalue weighted by Gasteiger charge is 2.26. The third kappa shape index (κ3) is 4.55. The van der Waals surface area contributed by atoms with Gasteiger partial charge in [-0.25, -0.2) is 9.97 Å². The maximum Gasteiger partial charge on any atom is 0.226 e. The van der Waals surface area contributed by atoms with Gasteiger partial charge in [0.15, 0.2) is 0 Å². The number of anilines is 1. The molecule has 0 atom stereocenters. The molecule has 0 amide bonds. The summed E-state index contributed by atoms with van der Waals surface area (Å²) >= 11 is 0. The Morgan fingerprint density at radius 3 is 2.57 bits per heavy atom. The van der Waals surface area contributed by atoms with E-state index in [1.165, 1.54) is 5.56 Å². The van der Waals surface area contributed by atoms with Gasteiger partial charge in [-0.1, -0.05) is 30.3 Å². The summed E-state index contributed by atoms with van der Waals surface area (Å²) in [6.45, 7) is 5.62. The van der Waals surface area contributed by atoms with Crippen LogP contribution < -0.4 is 9.64 Å². The average Bonchev–Trinajstić information content (AvgIpc) is 2.79. The van der Waals surface area contributed by atoms with E-state index < -0.39 is 0 Å². The molecule has 4 rings (SSSR count). The van der Waals surface area contributed by atoms with Crippen LogP contribution in [0.5, 0.6) is 5.75 Å². The molecule has 0 bridgehead atoms. The van der Waals surface area contributed by atoms with E-state index in [2.05, 4.69) is 34.1 Å². The van der Waals surface area contributed by atoms with Crippen molar-refractivity contribution in [2.75, 3.05) is 38.3 Å². The molecule has 158 valence electrons. The molecule has 2 heterocycles. The number of fused-ring (bicyclic) bond motifs is 1. The molecular formula is C24H30N4O2. The monoisotopic (exact) mass is 406 g/mol. The van der Waals surface area contributed by atoms with Gasteiger partial charge in [-0.3, -0.25) is 4.90 Å². The van der Waals surface area contributed by atoms with Crippen LogP contribution in [0, 0.1) is 6.92 Å². The first kappa shape index (κ1) is 20.6. The molecule has 0 unspecified atom stereocenters. The molecule has 1 aliphatic heterocycles. The van der Waals surface area contributed by atoms with Crippen LogP contribution in [0.2, 0.25) is 0 Å². The molecule has 3 aromatic rings. The maximum absolute atomic E-state index is 9.57. The normalized spacial score (nSPS) is 15.1. The van der Waals surface area contributed by atoms with Crippen molar-refractivity contribution in [2.45, 2.75) is 32.4 Å². The number of hydrogen-bond acceptors (Lipinski definition) is 6. The first-order valence-electron chi connectivity index (χ1n) is 10.6. The van der Waals surface area contributed by atoms with E-state index in [9.17, 15) is 5.11 Å². The highest BCUT2D eigenvalue weighted by Crippen LogP contribution is 2.26. The van der Waals surface area contributed by atoms with Crippen molar-refractivity contribution < 1.29 is 9.84 Å². The van der Waals surface area contributed by atoms with Crippen molar-refractivity contribution in [1.82, 2.24) is 14.9 Å². The van der Waals surface area contributed by atoms with E-state index in [0.29, 0.717) is 12.6 Å². The van der Waals surface area contributed by atoms with Crippen LogP contribution in [-0.4, -0.2) is 59.4 Å². The smallest absolute Gasteiger partial charge is 0.226 e. The third-order valence-electron chi connectivity index (χ3n) is 5.96. The number of nitrogens with zero attached hydrogens (tertiary/aromatic N) is 4. The summed E-state index contributed by atoms with van der Waals surface area (Å²) in [6.07, 6.45) is 2.07. The number of rotatable bonds is 7. The zero-order chi connectivity index (χ0) is 20.9. The lowest BCUT2D eigenvalue weighted by Gasteiger charge is -2.38. The van der Waals surface area contributed by atoms with Crippen molar-refractivity contribution in [2.24, 2.45) is 0 Å². The summed E-state index contributed by atoms with van der Waals surface area (Å²) in [5.74, 6) is 1.61. The second-order valence-corrected chi connectivity index (χ2v) is 7.89. The summed E-state index contributed by atoms with van der Waals surface area (Å²) in [5.41, 5.74) is 3.20. The predicted molar refractivity (Wildman–Crippen MR) is 120 cm³/mol. The molecule has 6 nitrogen and oxygen atoms in total. The molecule has 2 aromatic carbocycles. The second kappa shape index (κ2) is 9.41. The van der Waals surface area contributed by atoms with Crippen molar-refractivity contribution >= 4 is 16.9 Å². The van der Waals surface area contributed by atoms with E-state index in [4.69, 9.17) is 14.7 Å². The maximum atomic E-state index is 9.57. The number of methoxy groups -OCH3 is 1. The number of aryl methyl sites for hydroxylation is 1. The molecule has 1 saturated heterocycles. The fourth-order valence-corrected chi connectivity index (χ4v) is 4.29. The minimum atomic E-state index is 0.182. The van der Waals surface area contributed by atoms with Gasteiger partial charge in [0.05, 0.1) is 24.9 Å². The van der Waals surface area contributed by atoms with E-state index in [-0.39, 0.29) is 6.61 Å². The van der Waals surface area contributed by atoms with Gasteiger partial charge in [-0.2, -0.15) is 0 Å². The van der Waals surface area contributed by atoms with Crippen molar-refractivity contribution in [1.29, 1.82) is 0 Å². The number of benzene rings is 2. The van der Waals surface area contributed by atoms with Crippen LogP contribution >= 0.6 is 0 Å². The lowest BCUT2D eigenvalue weighted by molar-refractivity contribution is 0.125. The Morgan fingerprint density at radius 1 is 1.10 bits per heavy atom. The molecule has 30 heavy (non-hydrogen) atoms. The van der Waals surface area contributed by atoms with E-state index in [1.807, 2.05) is 31.2 Å². The van der Waals surface area contributed by atoms with Crippen LogP contribution in [-0.2, 0) is 6.54 Å². The largest absolute Gasteiger partial charge is 0.497 e. The Hall–Kier alpha value is -2.70. The minimum Gasteiger partial charge on any atom is -0.497 e. The number of ether oxygens (including phenoxy) is 1. The molecule has 1 fully saturated rings.